The number of hydrogen-bond donors (Lipinski definition) is 3. The molecule has 152 valence electrons. The molecule has 0 spiro atoms. The van der Waals surface area contributed by atoms with Crippen molar-refractivity contribution in [3.05, 3.63) is 81.2 Å². The fraction of sp³-hybridized carbons (Fsp3) is 0. The molecular weight excluding hydrogens is 522 g/mol. The van der Waals surface area contributed by atoms with E-state index in [2.05, 4.69) is 72.2 Å². The number of phenolic OH excluding ortho intramolecular Hbond substituents is 2. The number of nitrogens with one attached hydrogen (secondary N) is 1. The van der Waals surface area contributed by atoms with Gasteiger partial charge in [-0.05, 0) is 73.0 Å². The Bertz CT molecular complexity index is 1490. The number of fused-ring (bicyclic) bond motifs is 2. The van der Waals surface area contributed by atoms with Crippen molar-refractivity contribution in [3.63, 3.8) is 0 Å². The SMILES string of the molecule is Oc1c(Br)cc(/C=N/c2ccc3[nH]c(-c4ccc5ccccc5c4)nc3c2)c(O)c1Br. The van der Waals surface area contributed by atoms with E-state index in [1.165, 1.54) is 5.39 Å². The molecular formula is C24H15Br2N3O2. The van der Waals surface area contributed by atoms with E-state index in [0.717, 1.165) is 27.8 Å². The van der Waals surface area contributed by atoms with Crippen LogP contribution in [0.1, 0.15) is 5.56 Å². The highest BCUT2D eigenvalue weighted by Crippen LogP contribution is 2.40. The second-order valence-corrected chi connectivity index (χ2v) is 8.71. The molecule has 5 rings (SSSR count). The molecule has 0 amide bonds. The fourth-order valence-electron chi connectivity index (χ4n) is 3.41. The average Bonchev–Trinajstić information content (AvgIpc) is 3.22. The Labute approximate surface area is 194 Å². The Hall–Kier alpha value is -3.16. The lowest BCUT2D eigenvalue weighted by Gasteiger charge is -2.06. The molecule has 1 aromatic heterocycles. The number of nitrogens with zero attached hydrogens (tertiary/aromatic N) is 2. The van der Waals surface area contributed by atoms with Gasteiger partial charge in [0.2, 0.25) is 0 Å². The number of halogens is 2. The minimum absolute atomic E-state index is 0.0613. The summed E-state index contributed by atoms with van der Waals surface area (Å²) < 4.78 is 0.674. The van der Waals surface area contributed by atoms with E-state index in [9.17, 15) is 10.2 Å². The summed E-state index contributed by atoms with van der Waals surface area (Å²) in [7, 11) is 0. The highest BCUT2D eigenvalue weighted by Gasteiger charge is 2.13. The number of imidazole rings is 1. The molecule has 0 unspecified atom stereocenters. The molecule has 31 heavy (non-hydrogen) atoms. The minimum Gasteiger partial charge on any atom is -0.506 e. The number of phenols is 2. The first-order valence-corrected chi connectivity index (χ1v) is 11.0. The number of benzene rings is 4. The molecule has 3 N–H and O–H groups in total. The molecule has 0 radical (unpaired) electrons. The number of aromatic nitrogens is 2. The minimum atomic E-state index is -0.0797. The van der Waals surface area contributed by atoms with Crippen molar-refractivity contribution < 1.29 is 10.2 Å². The average molecular weight is 537 g/mol. The maximum atomic E-state index is 10.2. The van der Waals surface area contributed by atoms with Crippen LogP contribution in [0, 0.1) is 0 Å². The lowest BCUT2D eigenvalue weighted by atomic mass is 10.1. The van der Waals surface area contributed by atoms with Gasteiger partial charge in [0.15, 0.2) is 0 Å². The van der Waals surface area contributed by atoms with E-state index in [0.29, 0.717) is 15.7 Å². The molecule has 0 saturated carbocycles. The van der Waals surface area contributed by atoms with Gasteiger partial charge < -0.3 is 15.2 Å². The quantitative estimate of drug-likeness (QED) is 0.216. The van der Waals surface area contributed by atoms with Crippen LogP contribution in [-0.2, 0) is 0 Å². The van der Waals surface area contributed by atoms with Crippen LogP contribution < -0.4 is 0 Å². The maximum absolute atomic E-state index is 10.2. The van der Waals surface area contributed by atoms with Crippen LogP contribution in [0.25, 0.3) is 33.2 Å². The second kappa shape index (κ2) is 7.83. The molecule has 5 nitrogen and oxygen atoms in total. The fourth-order valence-corrected chi connectivity index (χ4v) is 4.56. The normalized spacial score (nSPS) is 11.7. The first kappa shape index (κ1) is 19.8. The molecule has 0 aliphatic carbocycles. The number of aromatic amines is 1. The zero-order chi connectivity index (χ0) is 21.5. The van der Waals surface area contributed by atoms with Crippen LogP contribution in [0.15, 0.2) is 80.7 Å². The van der Waals surface area contributed by atoms with Gasteiger partial charge in [0.1, 0.15) is 21.8 Å². The highest BCUT2D eigenvalue weighted by molar-refractivity contribution is 9.11. The van der Waals surface area contributed by atoms with Gasteiger partial charge in [-0.3, -0.25) is 4.99 Å². The summed E-state index contributed by atoms with van der Waals surface area (Å²) in [5.74, 6) is 0.656. The van der Waals surface area contributed by atoms with Gasteiger partial charge in [0.25, 0.3) is 0 Å². The van der Waals surface area contributed by atoms with Gasteiger partial charge >= 0.3 is 0 Å². The van der Waals surface area contributed by atoms with E-state index in [1.807, 2.05) is 30.3 Å². The summed E-state index contributed by atoms with van der Waals surface area (Å²) in [5, 5.41) is 22.4. The van der Waals surface area contributed by atoms with Gasteiger partial charge in [-0.25, -0.2) is 4.98 Å². The third-order valence-corrected chi connectivity index (χ3v) is 6.40. The third-order valence-electron chi connectivity index (χ3n) is 5.04. The van der Waals surface area contributed by atoms with Crippen LogP contribution in [0.2, 0.25) is 0 Å². The summed E-state index contributed by atoms with van der Waals surface area (Å²) in [6.45, 7) is 0. The Morgan fingerprint density at radius 3 is 2.52 bits per heavy atom. The van der Waals surface area contributed by atoms with Gasteiger partial charge in [-0.15, -0.1) is 0 Å². The second-order valence-electron chi connectivity index (χ2n) is 7.07. The largest absolute Gasteiger partial charge is 0.506 e. The van der Waals surface area contributed by atoms with E-state index >= 15 is 0 Å². The first-order chi connectivity index (χ1) is 15.0. The first-order valence-electron chi connectivity index (χ1n) is 9.42. The van der Waals surface area contributed by atoms with Crippen LogP contribution in [-0.4, -0.2) is 26.4 Å². The third kappa shape index (κ3) is 3.71. The van der Waals surface area contributed by atoms with Gasteiger partial charge in [0, 0.05) is 17.3 Å². The molecule has 1 heterocycles. The monoisotopic (exact) mass is 535 g/mol. The Morgan fingerprint density at radius 1 is 0.871 bits per heavy atom. The van der Waals surface area contributed by atoms with Crippen molar-refractivity contribution in [2.45, 2.75) is 0 Å². The molecule has 5 aromatic rings. The molecule has 0 atom stereocenters. The van der Waals surface area contributed by atoms with Crippen molar-refractivity contribution >= 4 is 65.6 Å². The molecule has 4 aromatic carbocycles. The van der Waals surface area contributed by atoms with Crippen molar-refractivity contribution in [2.75, 3.05) is 0 Å². The van der Waals surface area contributed by atoms with E-state index in [1.54, 1.807) is 12.3 Å². The van der Waals surface area contributed by atoms with Gasteiger partial charge in [0.05, 0.1) is 21.2 Å². The van der Waals surface area contributed by atoms with Gasteiger partial charge in [-0.2, -0.15) is 0 Å². The topological polar surface area (TPSA) is 81.5 Å². The van der Waals surface area contributed by atoms with E-state index in [-0.39, 0.29) is 16.0 Å². The van der Waals surface area contributed by atoms with Gasteiger partial charge in [-0.1, -0.05) is 36.4 Å². The number of H-pyrrole nitrogens is 1. The zero-order valence-electron chi connectivity index (χ0n) is 16.0. The molecule has 0 bridgehead atoms. The van der Waals surface area contributed by atoms with Crippen LogP contribution in [0.3, 0.4) is 0 Å². The Kier molecular flexibility index (Phi) is 5.00. The van der Waals surface area contributed by atoms with Crippen LogP contribution >= 0.6 is 31.9 Å². The van der Waals surface area contributed by atoms with Crippen molar-refractivity contribution in [3.8, 4) is 22.9 Å². The molecule has 0 saturated heterocycles. The summed E-state index contributed by atoms with van der Waals surface area (Å²) in [4.78, 5) is 12.6. The predicted octanol–water partition coefficient (Wildman–Crippen LogP) is 7.07. The smallest absolute Gasteiger partial charge is 0.147 e. The standard InChI is InChI=1S/C24H15Br2N3O2/c25-18-10-16(22(30)21(26)23(18)31)12-27-17-7-8-19-20(11-17)29-24(28-19)15-6-5-13-3-1-2-4-14(13)9-15/h1-12,30-31H,(H,28,29)/b27-12+. The number of rotatable bonds is 3. The van der Waals surface area contributed by atoms with Crippen LogP contribution in [0.4, 0.5) is 5.69 Å². The number of aromatic hydroxyl groups is 2. The summed E-state index contributed by atoms with van der Waals surface area (Å²) in [5.41, 5.74) is 3.90. The number of hydrogen-bond acceptors (Lipinski definition) is 4. The Morgan fingerprint density at radius 2 is 1.68 bits per heavy atom. The molecule has 0 fully saturated rings. The van der Waals surface area contributed by atoms with E-state index in [4.69, 9.17) is 4.98 Å². The maximum Gasteiger partial charge on any atom is 0.147 e. The Balaban J connectivity index is 1.49. The number of aliphatic imine (C=N–C) groups is 1. The summed E-state index contributed by atoms with van der Waals surface area (Å²) >= 11 is 6.44. The lowest BCUT2D eigenvalue weighted by molar-refractivity contribution is 0.442. The molecule has 0 aliphatic heterocycles. The predicted molar refractivity (Wildman–Crippen MR) is 131 cm³/mol. The van der Waals surface area contributed by atoms with Crippen molar-refractivity contribution in [2.24, 2.45) is 4.99 Å². The lowest BCUT2D eigenvalue weighted by Crippen LogP contribution is -1.85. The highest BCUT2D eigenvalue weighted by atomic mass is 79.9. The van der Waals surface area contributed by atoms with Crippen LogP contribution in [0.5, 0.6) is 11.5 Å². The summed E-state index contributed by atoms with van der Waals surface area (Å²) in [6.07, 6.45) is 1.54. The van der Waals surface area contributed by atoms with Crippen molar-refractivity contribution in [1.82, 2.24) is 9.97 Å². The van der Waals surface area contributed by atoms with Crippen molar-refractivity contribution in [1.29, 1.82) is 0 Å². The molecule has 0 aliphatic rings. The molecule has 7 heteroatoms. The summed E-state index contributed by atoms with van der Waals surface area (Å²) in [6, 6.07) is 21.8. The van der Waals surface area contributed by atoms with E-state index < -0.39 is 0 Å². The zero-order valence-corrected chi connectivity index (χ0v) is 19.1.